The molecule has 2 nitrogen and oxygen atoms in total. The van der Waals surface area contributed by atoms with Gasteiger partial charge >= 0.3 is 0 Å². The average molecular weight is 318 g/mol. The molecule has 0 fully saturated rings. The summed E-state index contributed by atoms with van der Waals surface area (Å²) in [6.07, 6.45) is 0. The van der Waals surface area contributed by atoms with E-state index in [1.165, 1.54) is 5.56 Å². The molecule has 0 aliphatic heterocycles. The van der Waals surface area contributed by atoms with Gasteiger partial charge in [-0.05, 0) is 47.7 Å². The molecule has 0 heterocycles. The molecule has 0 aromatic heterocycles. The number of benzene rings is 2. The lowest BCUT2D eigenvalue weighted by molar-refractivity contribution is 0.332. The fraction of sp³-hybridized carbons (Fsp3) is 0.368. The summed E-state index contributed by atoms with van der Waals surface area (Å²) < 4.78 is 5.75. The van der Waals surface area contributed by atoms with Crippen molar-refractivity contribution < 1.29 is 4.74 Å². The Balaban J connectivity index is 1.80. The molecule has 0 aliphatic rings. The Morgan fingerprint density at radius 2 is 1.73 bits per heavy atom. The van der Waals surface area contributed by atoms with Gasteiger partial charge < -0.3 is 10.1 Å². The van der Waals surface area contributed by atoms with Crippen molar-refractivity contribution in [3.05, 3.63) is 58.6 Å². The molecule has 0 bridgehead atoms. The molecule has 118 valence electrons. The monoisotopic (exact) mass is 317 g/mol. The summed E-state index contributed by atoms with van der Waals surface area (Å²) in [6, 6.07) is 14.3. The minimum absolute atomic E-state index is 0.171. The molecule has 0 spiro atoms. The van der Waals surface area contributed by atoms with Crippen LogP contribution in [0.25, 0.3) is 0 Å². The highest BCUT2D eigenvalue weighted by Gasteiger charge is 2.12. The van der Waals surface area contributed by atoms with Crippen molar-refractivity contribution in [1.29, 1.82) is 0 Å². The second kappa shape index (κ2) is 7.06. The molecule has 2 aromatic carbocycles. The first-order valence-electron chi connectivity index (χ1n) is 7.59. The van der Waals surface area contributed by atoms with Gasteiger partial charge in [0.05, 0.1) is 0 Å². The summed E-state index contributed by atoms with van der Waals surface area (Å²) in [5.41, 5.74) is 3.59. The molecule has 2 aromatic rings. The molecule has 0 aliphatic carbocycles. The zero-order chi connectivity index (χ0) is 16.2. The van der Waals surface area contributed by atoms with Crippen LogP contribution < -0.4 is 10.1 Å². The molecule has 0 radical (unpaired) electrons. The van der Waals surface area contributed by atoms with E-state index in [4.69, 9.17) is 16.3 Å². The van der Waals surface area contributed by atoms with Crippen molar-refractivity contribution in [3.8, 4) is 5.75 Å². The lowest BCUT2D eigenvalue weighted by Crippen LogP contribution is -2.12. The highest BCUT2D eigenvalue weighted by atomic mass is 35.5. The summed E-state index contributed by atoms with van der Waals surface area (Å²) in [7, 11) is 0. The van der Waals surface area contributed by atoms with Gasteiger partial charge in [-0.1, -0.05) is 50.6 Å². The van der Waals surface area contributed by atoms with Crippen molar-refractivity contribution in [2.75, 3.05) is 18.5 Å². The van der Waals surface area contributed by atoms with E-state index in [0.29, 0.717) is 6.61 Å². The summed E-state index contributed by atoms with van der Waals surface area (Å²) in [4.78, 5) is 0. The Bertz CT molecular complexity index is 614. The molecule has 2 rings (SSSR count). The maximum atomic E-state index is 6.10. The van der Waals surface area contributed by atoms with Crippen LogP contribution in [0.2, 0.25) is 5.02 Å². The van der Waals surface area contributed by atoms with Crippen LogP contribution in [-0.4, -0.2) is 13.2 Å². The lowest BCUT2D eigenvalue weighted by atomic mass is 9.87. The summed E-state index contributed by atoms with van der Waals surface area (Å²) in [6.45, 7) is 9.97. The van der Waals surface area contributed by atoms with Gasteiger partial charge in [0.25, 0.3) is 0 Å². The van der Waals surface area contributed by atoms with Crippen molar-refractivity contribution >= 4 is 17.3 Å². The van der Waals surface area contributed by atoms with Crippen molar-refractivity contribution in [1.82, 2.24) is 0 Å². The first kappa shape index (κ1) is 16.7. The highest BCUT2D eigenvalue weighted by molar-refractivity contribution is 6.31. The molecule has 0 unspecified atom stereocenters. The third kappa shape index (κ3) is 4.67. The Morgan fingerprint density at radius 3 is 2.32 bits per heavy atom. The van der Waals surface area contributed by atoms with Crippen molar-refractivity contribution in [3.63, 3.8) is 0 Å². The van der Waals surface area contributed by atoms with E-state index >= 15 is 0 Å². The summed E-state index contributed by atoms with van der Waals surface area (Å²) in [5.74, 6) is 0.900. The molecule has 1 N–H and O–H groups in total. The van der Waals surface area contributed by atoms with Gasteiger partial charge in [-0.25, -0.2) is 0 Å². The second-order valence-corrected chi connectivity index (χ2v) is 6.92. The normalized spacial score (nSPS) is 11.3. The number of anilines is 1. The molecule has 22 heavy (non-hydrogen) atoms. The van der Waals surface area contributed by atoms with Gasteiger partial charge in [0.2, 0.25) is 0 Å². The van der Waals surface area contributed by atoms with Crippen LogP contribution in [0.15, 0.2) is 42.5 Å². The summed E-state index contributed by atoms with van der Waals surface area (Å²) in [5, 5.41) is 4.09. The van der Waals surface area contributed by atoms with E-state index in [1.807, 2.05) is 37.3 Å². The zero-order valence-corrected chi connectivity index (χ0v) is 14.5. The van der Waals surface area contributed by atoms with Gasteiger partial charge in [0, 0.05) is 17.3 Å². The van der Waals surface area contributed by atoms with Gasteiger partial charge in [-0.15, -0.1) is 0 Å². The second-order valence-electron chi connectivity index (χ2n) is 6.51. The highest BCUT2D eigenvalue weighted by Crippen LogP contribution is 2.24. The third-order valence-electron chi connectivity index (χ3n) is 3.59. The zero-order valence-electron chi connectivity index (χ0n) is 13.7. The Morgan fingerprint density at radius 1 is 1.05 bits per heavy atom. The van der Waals surface area contributed by atoms with E-state index in [-0.39, 0.29) is 5.41 Å². The average Bonchev–Trinajstić information content (AvgIpc) is 2.47. The largest absolute Gasteiger partial charge is 0.492 e. The first-order valence-corrected chi connectivity index (χ1v) is 7.97. The Hall–Kier alpha value is -1.67. The maximum absolute atomic E-state index is 6.10. The van der Waals surface area contributed by atoms with Crippen LogP contribution in [0.1, 0.15) is 31.9 Å². The fourth-order valence-corrected chi connectivity index (χ4v) is 2.30. The SMILES string of the molecule is Cc1ccc(NCCOc2ccc(C(C)(C)C)cc2)cc1Cl. The van der Waals surface area contributed by atoms with E-state index in [9.17, 15) is 0 Å². The number of halogens is 1. The number of ether oxygens (including phenoxy) is 1. The molecule has 3 heteroatoms. The molecular formula is C19H24ClNO. The van der Waals surface area contributed by atoms with Crippen LogP contribution in [-0.2, 0) is 5.41 Å². The number of aryl methyl sites for hydroxylation is 1. The molecule has 0 atom stereocenters. The number of hydrogen-bond donors (Lipinski definition) is 1. The van der Waals surface area contributed by atoms with E-state index in [2.05, 4.69) is 38.2 Å². The lowest BCUT2D eigenvalue weighted by Gasteiger charge is -2.19. The van der Waals surface area contributed by atoms with Crippen LogP contribution in [0.5, 0.6) is 5.75 Å². The van der Waals surface area contributed by atoms with Crippen LogP contribution in [0.3, 0.4) is 0 Å². The van der Waals surface area contributed by atoms with Gasteiger partial charge in [-0.3, -0.25) is 0 Å². The minimum atomic E-state index is 0.171. The number of rotatable bonds is 5. The van der Waals surface area contributed by atoms with Crippen molar-refractivity contribution in [2.45, 2.75) is 33.1 Å². The van der Waals surface area contributed by atoms with Gasteiger partial charge in [-0.2, -0.15) is 0 Å². The minimum Gasteiger partial charge on any atom is -0.492 e. The topological polar surface area (TPSA) is 21.3 Å². The van der Waals surface area contributed by atoms with Gasteiger partial charge in [0.15, 0.2) is 0 Å². The Kier molecular flexibility index (Phi) is 5.36. The van der Waals surface area contributed by atoms with Crippen LogP contribution in [0, 0.1) is 6.92 Å². The number of hydrogen-bond acceptors (Lipinski definition) is 2. The van der Waals surface area contributed by atoms with E-state index < -0.39 is 0 Å². The summed E-state index contributed by atoms with van der Waals surface area (Å²) >= 11 is 6.10. The van der Waals surface area contributed by atoms with Crippen LogP contribution >= 0.6 is 11.6 Å². The third-order valence-corrected chi connectivity index (χ3v) is 4.00. The van der Waals surface area contributed by atoms with Crippen molar-refractivity contribution in [2.24, 2.45) is 0 Å². The first-order chi connectivity index (χ1) is 10.4. The maximum Gasteiger partial charge on any atom is 0.119 e. The van der Waals surface area contributed by atoms with E-state index in [1.54, 1.807) is 0 Å². The molecule has 0 saturated carbocycles. The number of nitrogens with one attached hydrogen (secondary N) is 1. The standard InChI is InChI=1S/C19H24ClNO/c1-14-5-8-16(13-18(14)20)21-11-12-22-17-9-6-15(7-10-17)19(2,3)4/h5-10,13,21H,11-12H2,1-4H3. The van der Waals surface area contributed by atoms with Crippen LogP contribution in [0.4, 0.5) is 5.69 Å². The quantitative estimate of drug-likeness (QED) is 0.742. The fourth-order valence-electron chi connectivity index (χ4n) is 2.12. The predicted octanol–water partition coefficient (Wildman–Crippen LogP) is 5.44. The molecule has 0 amide bonds. The molecular weight excluding hydrogens is 294 g/mol. The van der Waals surface area contributed by atoms with E-state index in [0.717, 1.165) is 28.6 Å². The predicted molar refractivity (Wildman–Crippen MR) is 95.3 cm³/mol. The molecule has 0 saturated heterocycles. The van der Waals surface area contributed by atoms with Gasteiger partial charge in [0.1, 0.15) is 12.4 Å². The Labute approximate surface area is 138 Å². The smallest absolute Gasteiger partial charge is 0.119 e.